The summed E-state index contributed by atoms with van der Waals surface area (Å²) in [6.07, 6.45) is 0.319. The minimum atomic E-state index is -4.59. The predicted molar refractivity (Wildman–Crippen MR) is 150 cm³/mol. The number of alkyl halides is 4. The van der Waals surface area contributed by atoms with Crippen LogP contribution in [0.25, 0.3) is 0 Å². The summed E-state index contributed by atoms with van der Waals surface area (Å²) in [6.45, 7) is 4.72. The highest BCUT2D eigenvalue weighted by atomic mass is 19.4. The van der Waals surface area contributed by atoms with Gasteiger partial charge in [-0.15, -0.1) is 0 Å². The number of amides is 1. The van der Waals surface area contributed by atoms with Crippen LogP contribution in [0.4, 0.5) is 17.6 Å². The average molecular weight is 593 g/mol. The molecule has 0 aromatic heterocycles. The molecule has 6 nitrogen and oxygen atoms in total. The van der Waals surface area contributed by atoms with Crippen molar-refractivity contribution in [3.8, 4) is 11.5 Å². The number of rotatable bonds is 8. The molecule has 2 aromatic carbocycles. The molecular weight excluding hydrogens is 552 g/mol. The zero-order chi connectivity index (χ0) is 30.1. The molecule has 1 saturated heterocycles. The summed E-state index contributed by atoms with van der Waals surface area (Å²) in [6, 6.07) is 9.10. The van der Waals surface area contributed by atoms with Crippen molar-refractivity contribution < 1.29 is 36.9 Å². The van der Waals surface area contributed by atoms with Crippen LogP contribution >= 0.6 is 0 Å². The number of likely N-dealkylation sites (tertiary alicyclic amines) is 1. The van der Waals surface area contributed by atoms with Crippen LogP contribution < -0.4 is 14.8 Å². The normalized spacial score (nSPS) is 24.1. The predicted octanol–water partition coefficient (Wildman–Crippen LogP) is 6.48. The fourth-order valence-corrected chi connectivity index (χ4v) is 7.02. The van der Waals surface area contributed by atoms with E-state index < -0.39 is 29.4 Å². The van der Waals surface area contributed by atoms with Gasteiger partial charge in [0, 0.05) is 12.6 Å². The molecular formula is C32H40F4N2O4. The summed E-state index contributed by atoms with van der Waals surface area (Å²) in [7, 11) is 0. The Kier molecular flexibility index (Phi) is 8.77. The van der Waals surface area contributed by atoms with Crippen molar-refractivity contribution in [3.05, 3.63) is 58.7 Å². The Morgan fingerprint density at radius 2 is 1.69 bits per heavy atom. The summed E-state index contributed by atoms with van der Waals surface area (Å²) in [5.74, 6) is 1.46. The molecule has 1 aliphatic carbocycles. The molecule has 1 amide bonds. The largest absolute Gasteiger partial charge is 0.454 e. The summed E-state index contributed by atoms with van der Waals surface area (Å²) < 4.78 is 64.1. The summed E-state index contributed by atoms with van der Waals surface area (Å²) in [5, 5.41) is 14.3. The molecule has 230 valence electrons. The molecule has 2 fully saturated rings. The third-order valence-electron chi connectivity index (χ3n) is 9.23. The van der Waals surface area contributed by atoms with Gasteiger partial charge in [-0.25, -0.2) is 4.39 Å². The van der Waals surface area contributed by atoms with Crippen LogP contribution in [0.1, 0.15) is 81.0 Å². The van der Waals surface area contributed by atoms with Crippen molar-refractivity contribution in [3.63, 3.8) is 0 Å². The van der Waals surface area contributed by atoms with Gasteiger partial charge in [0.15, 0.2) is 11.5 Å². The second kappa shape index (κ2) is 12.0. The smallest absolute Gasteiger partial charge is 0.416 e. The molecule has 2 heterocycles. The highest BCUT2D eigenvalue weighted by Crippen LogP contribution is 2.45. The molecule has 3 aliphatic rings. The fourth-order valence-electron chi connectivity index (χ4n) is 7.02. The lowest BCUT2D eigenvalue weighted by molar-refractivity contribution is -0.137. The molecule has 2 N–H and O–H groups in total. The van der Waals surface area contributed by atoms with Gasteiger partial charge >= 0.3 is 6.18 Å². The van der Waals surface area contributed by atoms with E-state index in [0.29, 0.717) is 49.6 Å². The van der Waals surface area contributed by atoms with Gasteiger partial charge in [0.25, 0.3) is 0 Å². The number of hydrogen-bond acceptors (Lipinski definition) is 5. The van der Waals surface area contributed by atoms with Crippen LogP contribution in [0.15, 0.2) is 36.4 Å². The molecule has 0 unspecified atom stereocenters. The number of aliphatic hydroxyl groups is 1. The lowest BCUT2D eigenvalue weighted by atomic mass is 9.70. The molecule has 42 heavy (non-hydrogen) atoms. The van der Waals surface area contributed by atoms with E-state index in [9.17, 15) is 27.5 Å². The Morgan fingerprint density at radius 3 is 2.33 bits per heavy atom. The second-order valence-corrected chi connectivity index (χ2v) is 12.6. The topological polar surface area (TPSA) is 71.0 Å². The Bertz CT molecular complexity index is 1270. The Morgan fingerprint density at radius 1 is 1.02 bits per heavy atom. The zero-order valence-electron chi connectivity index (χ0n) is 24.2. The number of halogens is 4. The highest BCUT2D eigenvalue weighted by Gasteiger charge is 2.44. The average Bonchev–Trinajstić information content (AvgIpc) is 3.44. The Labute approximate surface area is 244 Å². The van der Waals surface area contributed by atoms with Crippen LogP contribution in [0.2, 0.25) is 0 Å². The quantitative estimate of drug-likeness (QED) is 0.344. The SMILES string of the molecule is CC(C)CC1(C(=O)NCc2cc(CF)cc(C(F)(F)F)c2)CCN(C2CCC(O)(c3ccc4c(c3)OCO4)CC2)CC1. The number of hydrogen-bond donors (Lipinski definition) is 2. The molecule has 0 radical (unpaired) electrons. The van der Waals surface area contributed by atoms with E-state index in [1.54, 1.807) is 0 Å². The van der Waals surface area contributed by atoms with Gasteiger partial charge in [-0.1, -0.05) is 26.0 Å². The number of piperidine rings is 1. The first-order valence-corrected chi connectivity index (χ1v) is 14.8. The van der Waals surface area contributed by atoms with Gasteiger partial charge < -0.3 is 24.8 Å². The molecule has 5 rings (SSSR count). The summed E-state index contributed by atoms with van der Waals surface area (Å²) in [4.78, 5) is 16.0. The first-order valence-electron chi connectivity index (χ1n) is 14.8. The van der Waals surface area contributed by atoms with Crippen LogP contribution in [0.3, 0.4) is 0 Å². The van der Waals surface area contributed by atoms with E-state index >= 15 is 0 Å². The van der Waals surface area contributed by atoms with Crippen molar-refractivity contribution in [2.24, 2.45) is 11.3 Å². The number of nitrogens with one attached hydrogen (secondary N) is 1. The maximum Gasteiger partial charge on any atom is 0.416 e. The maximum atomic E-state index is 13.6. The molecule has 2 aromatic rings. The zero-order valence-corrected chi connectivity index (χ0v) is 24.2. The van der Waals surface area contributed by atoms with Crippen LogP contribution in [0, 0.1) is 11.3 Å². The van der Waals surface area contributed by atoms with E-state index in [1.165, 1.54) is 6.07 Å². The number of nitrogens with zero attached hydrogens (tertiary/aromatic N) is 1. The lowest BCUT2D eigenvalue weighted by Crippen LogP contribution is -2.52. The first-order chi connectivity index (χ1) is 19.9. The Balaban J connectivity index is 1.20. The van der Waals surface area contributed by atoms with Crippen LogP contribution in [0.5, 0.6) is 11.5 Å². The molecule has 2 aliphatic heterocycles. The van der Waals surface area contributed by atoms with E-state index in [2.05, 4.69) is 24.1 Å². The summed E-state index contributed by atoms with van der Waals surface area (Å²) >= 11 is 0. The monoisotopic (exact) mass is 592 g/mol. The number of carbonyl (C=O) groups excluding carboxylic acids is 1. The van der Waals surface area contributed by atoms with Crippen LogP contribution in [-0.2, 0) is 29.8 Å². The molecule has 1 saturated carbocycles. The second-order valence-electron chi connectivity index (χ2n) is 12.6. The summed E-state index contributed by atoms with van der Waals surface area (Å²) in [5.41, 5.74) is -1.42. The minimum absolute atomic E-state index is 0.0582. The lowest BCUT2D eigenvalue weighted by Gasteiger charge is -2.47. The number of fused-ring (bicyclic) bond motifs is 1. The molecule has 10 heteroatoms. The van der Waals surface area contributed by atoms with E-state index in [1.807, 2.05) is 18.2 Å². The standard InChI is InChI=1S/C32H40F4N2O4/c1-21(2)17-30(29(39)37-19-23-13-22(18-33)14-25(15-23)32(34,35)36)9-11-38(12-10-30)26-5-7-31(40,8-6-26)24-3-4-27-28(16-24)42-20-41-27/h3-4,13-16,21,26,40H,5-12,17-20H2,1-2H3,(H,37,39). The van der Waals surface area contributed by atoms with Gasteiger partial charge in [-0.05, 0) is 105 Å². The number of ether oxygens (including phenoxy) is 2. The third-order valence-corrected chi connectivity index (χ3v) is 9.23. The van der Waals surface area contributed by atoms with E-state index in [4.69, 9.17) is 9.47 Å². The van der Waals surface area contributed by atoms with Gasteiger partial charge in [0.05, 0.1) is 16.6 Å². The van der Waals surface area contributed by atoms with Gasteiger partial charge in [0.1, 0.15) is 6.67 Å². The minimum Gasteiger partial charge on any atom is -0.454 e. The van der Waals surface area contributed by atoms with E-state index in [-0.39, 0.29) is 36.3 Å². The first kappa shape index (κ1) is 30.6. The number of carbonyl (C=O) groups is 1. The van der Waals surface area contributed by atoms with Crippen molar-refractivity contribution >= 4 is 5.91 Å². The van der Waals surface area contributed by atoms with Crippen molar-refractivity contribution in [2.75, 3.05) is 19.9 Å². The van der Waals surface area contributed by atoms with Gasteiger partial charge in [0.2, 0.25) is 12.7 Å². The fraction of sp³-hybridized carbons (Fsp3) is 0.594. The van der Waals surface area contributed by atoms with Crippen LogP contribution in [-0.4, -0.2) is 41.8 Å². The molecule has 0 bridgehead atoms. The Hall–Kier alpha value is -2.85. The maximum absolute atomic E-state index is 13.6. The van der Waals surface area contributed by atoms with Gasteiger partial charge in [-0.2, -0.15) is 13.2 Å². The molecule has 0 atom stereocenters. The highest BCUT2D eigenvalue weighted by molar-refractivity contribution is 5.82. The van der Waals surface area contributed by atoms with Crippen molar-refractivity contribution in [1.29, 1.82) is 0 Å². The van der Waals surface area contributed by atoms with Gasteiger partial charge in [-0.3, -0.25) is 4.79 Å². The van der Waals surface area contributed by atoms with Crippen molar-refractivity contribution in [1.82, 2.24) is 10.2 Å². The number of benzene rings is 2. The van der Waals surface area contributed by atoms with Crippen molar-refractivity contribution in [2.45, 2.75) is 89.8 Å². The third kappa shape index (κ3) is 6.54. The molecule has 0 spiro atoms. The van der Waals surface area contributed by atoms with E-state index in [0.717, 1.165) is 43.6 Å².